The molecule has 1 N–H and O–H groups in total. The standard InChI is InChI=1S/C13H19NO3/c1-16-13-4-2-3-11(7-13)8-14-5-6-17-10-12(15)9-14/h2-4,7,12,15H,5-6,8-10H2,1H3. The van der Waals surface area contributed by atoms with E-state index in [1.54, 1.807) is 7.11 Å². The van der Waals surface area contributed by atoms with Crippen LogP contribution in [-0.4, -0.2) is 49.5 Å². The molecule has 0 spiro atoms. The first-order chi connectivity index (χ1) is 8.28. The molecule has 1 saturated heterocycles. The molecule has 2 rings (SSSR count). The van der Waals surface area contributed by atoms with Crippen molar-refractivity contribution in [1.29, 1.82) is 0 Å². The minimum Gasteiger partial charge on any atom is -0.497 e. The number of aliphatic hydroxyl groups is 1. The number of β-amino-alcohol motifs (C(OH)–C–C–N with tert-alkyl or cyclic N) is 1. The lowest BCUT2D eigenvalue weighted by atomic mass is 10.2. The lowest BCUT2D eigenvalue weighted by molar-refractivity contribution is 0.0562. The Labute approximate surface area is 102 Å². The van der Waals surface area contributed by atoms with Gasteiger partial charge in [-0.25, -0.2) is 0 Å². The third-order valence-electron chi connectivity index (χ3n) is 2.87. The van der Waals surface area contributed by atoms with Gasteiger partial charge in [-0.15, -0.1) is 0 Å². The van der Waals surface area contributed by atoms with E-state index in [9.17, 15) is 5.11 Å². The summed E-state index contributed by atoms with van der Waals surface area (Å²) in [6, 6.07) is 8.02. The normalized spacial score (nSPS) is 22.1. The minimum atomic E-state index is -0.386. The molecule has 0 aromatic heterocycles. The lowest BCUT2D eigenvalue weighted by Crippen LogP contribution is -2.32. The van der Waals surface area contributed by atoms with E-state index in [4.69, 9.17) is 9.47 Å². The van der Waals surface area contributed by atoms with Gasteiger partial charge < -0.3 is 14.6 Å². The van der Waals surface area contributed by atoms with Gasteiger partial charge in [0.25, 0.3) is 0 Å². The highest BCUT2D eigenvalue weighted by atomic mass is 16.5. The molecule has 94 valence electrons. The van der Waals surface area contributed by atoms with Crippen LogP contribution in [0, 0.1) is 0 Å². The van der Waals surface area contributed by atoms with Gasteiger partial charge in [0.1, 0.15) is 5.75 Å². The van der Waals surface area contributed by atoms with E-state index in [2.05, 4.69) is 11.0 Å². The molecule has 1 fully saturated rings. The molecule has 4 nitrogen and oxygen atoms in total. The molecule has 1 atom stereocenters. The van der Waals surface area contributed by atoms with E-state index in [1.807, 2.05) is 18.2 Å². The van der Waals surface area contributed by atoms with Gasteiger partial charge in [0.2, 0.25) is 0 Å². The largest absolute Gasteiger partial charge is 0.497 e. The maximum absolute atomic E-state index is 9.65. The number of methoxy groups -OCH3 is 1. The van der Waals surface area contributed by atoms with Gasteiger partial charge in [-0.3, -0.25) is 4.90 Å². The Bertz CT molecular complexity index is 356. The van der Waals surface area contributed by atoms with Gasteiger partial charge in [0.05, 0.1) is 26.4 Å². The van der Waals surface area contributed by atoms with Crippen molar-refractivity contribution in [3.63, 3.8) is 0 Å². The van der Waals surface area contributed by atoms with Crippen molar-refractivity contribution in [3.8, 4) is 5.75 Å². The molecule has 1 aromatic carbocycles. The molecule has 0 radical (unpaired) electrons. The molecule has 1 aliphatic heterocycles. The van der Waals surface area contributed by atoms with Crippen molar-refractivity contribution in [2.45, 2.75) is 12.6 Å². The fourth-order valence-corrected chi connectivity index (χ4v) is 2.03. The lowest BCUT2D eigenvalue weighted by Gasteiger charge is -2.21. The average Bonchev–Trinajstić information content (AvgIpc) is 2.54. The molecule has 1 aliphatic rings. The molecule has 0 aliphatic carbocycles. The Balaban J connectivity index is 1.98. The minimum absolute atomic E-state index is 0.386. The van der Waals surface area contributed by atoms with Crippen LogP contribution in [0.4, 0.5) is 0 Å². The van der Waals surface area contributed by atoms with Crippen molar-refractivity contribution in [2.75, 3.05) is 33.4 Å². The summed E-state index contributed by atoms with van der Waals surface area (Å²) in [6.45, 7) is 3.46. The van der Waals surface area contributed by atoms with E-state index in [-0.39, 0.29) is 6.10 Å². The van der Waals surface area contributed by atoms with Gasteiger partial charge in [-0.1, -0.05) is 12.1 Å². The number of aliphatic hydroxyl groups excluding tert-OH is 1. The van der Waals surface area contributed by atoms with Crippen LogP contribution in [-0.2, 0) is 11.3 Å². The second kappa shape index (κ2) is 6.00. The monoisotopic (exact) mass is 237 g/mol. The van der Waals surface area contributed by atoms with Crippen LogP contribution in [0.3, 0.4) is 0 Å². The van der Waals surface area contributed by atoms with Crippen LogP contribution in [0.25, 0.3) is 0 Å². The zero-order chi connectivity index (χ0) is 12.1. The van der Waals surface area contributed by atoms with Gasteiger partial charge >= 0.3 is 0 Å². The molecule has 1 unspecified atom stereocenters. The van der Waals surface area contributed by atoms with Crippen LogP contribution >= 0.6 is 0 Å². The number of ether oxygens (including phenoxy) is 2. The third kappa shape index (κ3) is 3.70. The first-order valence-corrected chi connectivity index (χ1v) is 5.89. The predicted molar refractivity (Wildman–Crippen MR) is 65.1 cm³/mol. The summed E-state index contributed by atoms with van der Waals surface area (Å²) in [6.07, 6.45) is -0.386. The van der Waals surface area contributed by atoms with E-state index in [0.29, 0.717) is 19.8 Å². The number of hydrogen-bond acceptors (Lipinski definition) is 4. The van der Waals surface area contributed by atoms with Crippen molar-refractivity contribution in [1.82, 2.24) is 4.90 Å². The SMILES string of the molecule is COc1cccc(CN2CCOCC(O)C2)c1. The smallest absolute Gasteiger partial charge is 0.119 e. The summed E-state index contributed by atoms with van der Waals surface area (Å²) < 4.78 is 10.5. The van der Waals surface area contributed by atoms with Crippen LogP contribution < -0.4 is 4.74 Å². The summed E-state index contributed by atoms with van der Waals surface area (Å²) in [7, 11) is 1.67. The van der Waals surface area contributed by atoms with Crippen LogP contribution in [0.1, 0.15) is 5.56 Å². The molecule has 4 heteroatoms. The Hall–Kier alpha value is -1.10. The van der Waals surface area contributed by atoms with Crippen molar-refractivity contribution >= 4 is 0 Å². The topological polar surface area (TPSA) is 41.9 Å². The fraction of sp³-hybridized carbons (Fsp3) is 0.538. The Morgan fingerprint density at radius 1 is 1.53 bits per heavy atom. The van der Waals surface area contributed by atoms with Crippen molar-refractivity contribution in [2.24, 2.45) is 0 Å². The first-order valence-electron chi connectivity index (χ1n) is 5.89. The van der Waals surface area contributed by atoms with Gasteiger partial charge in [0.15, 0.2) is 0 Å². The Kier molecular flexibility index (Phi) is 4.36. The van der Waals surface area contributed by atoms with Crippen LogP contribution in [0.2, 0.25) is 0 Å². The molecule has 0 saturated carbocycles. The average molecular weight is 237 g/mol. The Morgan fingerprint density at radius 3 is 3.24 bits per heavy atom. The molecular formula is C13H19NO3. The highest BCUT2D eigenvalue weighted by Gasteiger charge is 2.16. The van der Waals surface area contributed by atoms with Crippen LogP contribution in [0.15, 0.2) is 24.3 Å². The van der Waals surface area contributed by atoms with Crippen molar-refractivity contribution in [3.05, 3.63) is 29.8 Å². The quantitative estimate of drug-likeness (QED) is 0.847. The molecule has 17 heavy (non-hydrogen) atoms. The Morgan fingerprint density at radius 2 is 2.41 bits per heavy atom. The maximum Gasteiger partial charge on any atom is 0.119 e. The number of nitrogens with zero attached hydrogens (tertiary/aromatic N) is 1. The molecule has 0 amide bonds. The highest BCUT2D eigenvalue weighted by Crippen LogP contribution is 2.15. The number of benzene rings is 1. The van der Waals surface area contributed by atoms with Gasteiger partial charge in [-0.05, 0) is 17.7 Å². The summed E-state index contributed by atoms with van der Waals surface area (Å²) in [4.78, 5) is 2.20. The number of hydrogen-bond donors (Lipinski definition) is 1. The summed E-state index contributed by atoms with van der Waals surface area (Å²) in [5, 5.41) is 9.65. The number of rotatable bonds is 3. The van der Waals surface area contributed by atoms with E-state index >= 15 is 0 Å². The fourth-order valence-electron chi connectivity index (χ4n) is 2.03. The first kappa shape index (κ1) is 12.4. The van der Waals surface area contributed by atoms with Crippen LogP contribution in [0.5, 0.6) is 5.75 Å². The van der Waals surface area contributed by atoms with Gasteiger partial charge in [0, 0.05) is 19.6 Å². The molecular weight excluding hydrogens is 218 g/mol. The summed E-state index contributed by atoms with van der Waals surface area (Å²) >= 11 is 0. The maximum atomic E-state index is 9.65. The van der Waals surface area contributed by atoms with E-state index in [0.717, 1.165) is 18.8 Å². The van der Waals surface area contributed by atoms with Gasteiger partial charge in [-0.2, -0.15) is 0 Å². The second-order valence-corrected chi connectivity index (χ2v) is 4.32. The molecule has 1 aromatic rings. The van der Waals surface area contributed by atoms with E-state index in [1.165, 1.54) is 5.56 Å². The molecule has 1 heterocycles. The molecule has 0 bridgehead atoms. The predicted octanol–water partition coefficient (Wildman–Crippen LogP) is 0.888. The third-order valence-corrected chi connectivity index (χ3v) is 2.87. The zero-order valence-electron chi connectivity index (χ0n) is 10.1. The van der Waals surface area contributed by atoms with E-state index < -0.39 is 0 Å². The second-order valence-electron chi connectivity index (χ2n) is 4.32. The summed E-state index contributed by atoms with van der Waals surface area (Å²) in [5.41, 5.74) is 1.19. The van der Waals surface area contributed by atoms with Crippen molar-refractivity contribution < 1.29 is 14.6 Å². The highest BCUT2D eigenvalue weighted by molar-refractivity contribution is 5.28. The summed E-state index contributed by atoms with van der Waals surface area (Å²) in [5.74, 6) is 0.870. The zero-order valence-corrected chi connectivity index (χ0v) is 10.1.